The molecular formula is C29H19NO3. The molecule has 4 heteroatoms. The molecule has 158 valence electrons. The zero-order valence-electron chi connectivity index (χ0n) is 18.2. The molecule has 0 fully saturated rings. The van der Waals surface area contributed by atoms with Crippen LogP contribution in [-0.4, -0.2) is 16.1 Å². The number of fused-ring (bicyclic) bond motifs is 6. The van der Waals surface area contributed by atoms with Crippen molar-refractivity contribution in [1.82, 2.24) is 4.57 Å². The van der Waals surface area contributed by atoms with Gasteiger partial charge in [0.25, 0.3) is 0 Å². The number of rotatable bonds is 1. The average Bonchev–Trinajstić information content (AvgIpc) is 3.47. The number of aromatic nitrogens is 1. The molecule has 0 saturated heterocycles. The van der Waals surface area contributed by atoms with Gasteiger partial charge < -0.3 is 4.42 Å². The summed E-state index contributed by atoms with van der Waals surface area (Å²) in [4.78, 5) is 25.8. The SMILES string of the molecule is CC1(C)c2cc(C=C3C(=O)c4ccccc4C3=O)oc2-n2c3ccccc3c3cccc1c32. The minimum atomic E-state index is -0.299. The Kier molecular flexibility index (Phi) is 3.34. The lowest BCUT2D eigenvalue weighted by Gasteiger charge is -2.31. The van der Waals surface area contributed by atoms with Crippen LogP contribution in [0.5, 0.6) is 0 Å². The second kappa shape index (κ2) is 5.99. The van der Waals surface area contributed by atoms with E-state index < -0.39 is 0 Å². The van der Waals surface area contributed by atoms with Gasteiger partial charge in [0.15, 0.2) is 11.6 Å². The van der Waals surface area contributed by atoms with Gasteiger partial charge in [-0.2, -0.15) is 0 Å². The van der Waals surface area contributed by atoms with Crippen LogP contribution in [0.3, 0.4) is 0 Å². The number of benzene rings is 3. The van der Waals surface area contributed by atoms with Gasteiger partial charge in [-0.05, 0) is 23.8 Å². The molecule has 3 aromatic carbocycles. The molecule has 0 atom stereocenters. The van der Waals surface area contributed by atoms with E-state index in [9.17, 15) is 9.59 Å². The fourth-order valence-corrected chi connectivity index (χ4v) is 5.51. The van der Waals surface area contributed by atoms with E-state index in [2.05, 4.69) is 54.8 Å². The van der Waals surface area contributed by atoms with Crippen LogP contribution >= 0.6 is 0 Å². The maximum atomic E-state index is 12.9. The summed E-state index contributed by atoms with van der Waals surface area (Å²) >= 11 is 0. The Labute approximate surface area is 189 Å². The minimum Gasteiger partial charge on any atom is -0.440 e. The number of carbonyl (C=O) groups is 2. The molecule has 0 N–H and O–H groups in total. The highest BCUT2D eigenvalue weighted by molar-refractivity contribution is 6.41. The summed E-state index contributed by atoms with van der Waals surface area (Å²) in [5.41, 5.74) is 5.24. The average molecular weight is 429 g/mol. The Balaban J connectivity index is 1.49. The van der Waals surface area contributed by atoms with Gasteiger partial charge in [0.05, 0.1) is 16.6 Å². The van der Waals surface area contributed by atoms with Crippen molar-refractivity contribution in [3.8, 4) is 5.88 Å². The molecule has 0 amide bonds. The Morgan fingerprint density at radius 1 is 0.788 bits per heavy atom. The van der Waals surface area contributed by atoms with Crippen molar-refractivity contribution in [3.05, 3.63) is 106 Å². The minimum absolute atomic E-state index is 0.153. The molecule has 0 unspecified atom stereocenters. The Hall–Kier alpha value is -4.18. The third-order valence-electron chi connectivity index (χ3n) is 7.17. The van der Waals surface area contributed by atoms with Gasteiger partial charge in [0, 0.05) is 32.9 Å². The zero-order valence-corrected chi connectivity index (χ0v) is 18.2. The molecule has 2 aromatic heterocycles. The predicted molar refractivity (Wildman–Crippen MR) is 128 cm³/mol. The number of hydrogen-bond donors (Lipinski definition) is 0. The molecule has 2 aliphatic rings. The van der Waals surface area contributed by atoms with Gasteiger partial charge in [-0.3, -0.25) is 14.2 Å². The van der Waals surface area contributed by atoms with E-state index >= 15 is 0 Å². The van der Waals surface area contributed by atoms with Crippen molar-refractivity contribution in [1.29, 1.82) is 0 Å². The van der Waals surface area contributed by atoms with Gasteiger partial charge in [0.1, 0.15) is 5.76 Å². The van der Waals surface area contributed by atoms with E-state index in [0.717, 1.165) is 22.5 Å². The molecule has 7 rings (SSSR count). The lowest BCUT2D eigenvalue weighted by Crippen LogP contribution is -2.24. The van der Waals surface area contributed by atoms with Crippen LogP contribution in [0, 0.1) is 0 Å². The number of hydrogen-bond acceptors (Lipinski definition) is 3. The molecule has 1 aliphatic carbocycles. The quantitative estimate of drug-likeness (QED) is 0.226. The highest BCUT2D eigenvalue weighted by atomic mass is 16.4. The Morgan fingerprint density at radius 2 is 1.45 bits per heavy atom. The lowest BCUT2D eigenvalue weighted by molar-refractivity contribution is 0.0990. The third kappa shape index (κ3) is 2.20. The molecule has 4 nitrogen and oxygen atoms in total. The fraction of sp³-hybridized carbons (Fsp3) is 0.103. The molecule has 0 radical (unpaired) electrons. The van der Waals surface area contributed by atoms with Crippen molar-refractivity contribution in [2.75, 3.05) is 0 Å². The summed E-state index contributed by atoms with van der Waals surface area (Å²) in [6.07, 6.45) is 1.60. The van der Waals surface area contributed by atoms with Crippen LogP contribution in [0.15, 0.2) is 82.8 Å². The first-order chi connectivity index (χ1) is 16.0. The van der Waals surface area contributed by atoms with Gasteiger partial charge in [-0.15, -0.1) is 0 Å². The number of nitrogens with zero attached hydrogens (tertiary/aromatic N) is 1. The van der Waals surface area contributed by atoms with Gasteiger partial charge in [-0.1, -0.05) is 74.5 Å². The summed E-state index contributed by atoms with van der Waals surface area (Å²) in [7, 11) is 0. The summed E-state index contributed by atoms with van der Waals surface area (Å²) in [6, 6.07) is 23.7. The highest BCUT2D eigenvalue weighted by Gasteiger charge is 2.38. The monoisotopic (exact) mass is 429 g/mol. The summed E-state index contributed by atoms with van der Waals surface area (Å²) < 4.78 is 8.57. The maximum Gasteiger partial charge on any atom is 0.209 e. The number of Topliss-reactive ketones (excluding diaryl/α,β-unsaturated/α-hetero) is 2. The normalized spacial score (nSPS) is 15.9. The molecule has 0 saturated carbocycles. The third-order valence-corrected chi connectivity index (χ3v) is 7.17. The first kappa shape index (κ1) is 18.4. The van der Waals surface area contributed by atoms with Crippen LogP contribution in [0.2, 0.25) is 0 Å². The van der Waals surface area contributed by atoms with Gasteiger partial charge >= 0.3 is 0 Å². The van der Waals surface area contributed by atoms with Crippen molar-refractivity contribution in [3.63, 3.8) is 0 Å². The van der Waals surface area contributed by atoms with Crippen LogP contribution in [0.25, 0.3) is 33.8 Å². The predicted octanol–water partition coefficient (Wildman–Crippen LogP) is 6.48. The molecule has 1 aliphatic heterocycles. The fourth-order valence-electron chi connectivity index (χ4n) is 5.51. The molecule has 33 heavy (non-hydrogen) atoms. The number of allylic oxidation sites excluding steroid dienone is 1. The van der Waals surface area contributed by atoms with Crippen molar-refractivity contribution >= 4 is 39.4 Å². The smallest absolute Gasteiger partial charge is 0.209 e. The van der Waals surface area contributed by atoms with Crippen LogP contribution in [-0.2, 0) is 5.41 Å². The molecule has 5 aromatic rings. The zero-order chi connectivity index (χ0) is 22.5. The molecular weight excluding hydrogens is 410 g/mol. The molecule has 0 bridgehead atoms. The second-order valence-corrected chi connectivity index (χ2v) is 9.31. The van der Waals surface area contributed by atoms with E-state index in [1.54, 1.807) is 30.3 Å². The number of para-hydroxylation sites is 2. The lowest BCUT2D eigenvalue weighted by atomic mass is 9.76. The van der Waals surface area contributed by atoms with E-state index in [1.807, 2.05) is 12.1 Å². The first-order valence-corrected chi connectivity index (χ1v) is 11.0. The number of carbonyl (C=O) groups excluding carboxylic acids is 2. The standard InChI is InChI=1S/C29H19NO3/c1-29(2)22-12-7-11-18-17-8-5-6-13-24(17)30(25(18)22)28-23(29)15-16(33-28)14-21-26(31)19-9-3-4-10-20(19)27(21)32/h3-15H,1-2H3. The highest BCUT2D eigenvalue weighted by Crippen LogP contribution is 2.48. The number of ketones is 2. The maximum absolute atomic E-state index is 12.9. The van der Waals surface area contributed by atoms with Gasteiger partial charge in [-0.25, -0.2) is 0 Å². The van der Waals surface area contributed by atoms with Gasteiger partial charge in [0.2, 0.25) is 5.88 Å². The summed E-state index contributed by atoms with van der Waals surface area (Å²) in [5.74, 6) is 0.756. The Morgan fingerprint density at radius 3 is 2.21 bits per heavy atom. The van der Waals surface area contributed by atoms with Crippen molar-refractivity contribution in [2.24, 2.45) is 0 Å². The summed E-state index contributed by atoms with van der Waals surface area (Å²) in [5, 5.41) is 2.36. The Bertz CT molecular complexity index is 1690. The van der Waals surface area contributed by atoms with E-state index in [4.69, 9.17) is 4.42 Å². The van der Waals surface area contributed by atoms with Crippen LogP contribution in [0.1, 0.15) is 51.5 Å². The van der Waals surface area contributed by atoms with E-state index in [-0.39, 0.29) is 22.6 Å². The number of furan rings is 1. The van der Waals surface area contributed by atoms with Crippen molar-refractivity contribution < 1.29 is 14.0 Å². The molecule has 3 heterocycles. The summed E-state index contributed by atoms with van der Waals surface area (Å²) in [6.45, 7) is 4.38. The van der Waals surface area contributed by atoms with E-state index in [0.29, 0.717) is 16.9 Å². The topological polar surface area (TPSA) is 52.2 Å². The van der Waals surface area contributed by atoms with Crippen LogP contribution < -0.4 is 0 Å². The van der Waals surface area contributed by atoms with Crippen LogP contribution in [0.4, 0.5) is 0 Å². The largest absolute Gasteiger partial charge is 0.440 e. The van der Waals surface area contributed by atoms with Crippen molar-refractivity contribution in [2.45, 2.75) is 19.3 Å². The molecule has 0 spiro atoms. The first-order valence-electron chi connectivity index (χ1n) is 11.0. The second-order valence-electron chi connectivity index (χ2n) is 9.31. The van der Waals surface area contributed by atoms with E-state index in [1.165, 1.54) is 16.3 Å².